The number of esters is 1. The number of hydrogen-bond donors (Lipinski definition) is 5. The van der Waals surface area contributed by atoms with Crippen LogP contribution in [0.3, 0.4) is 0 Å². The Balaban J connectivity index is 1.26. The van der Waals surface area contributed by atoms with Crippen molar-refractivity contribution in [1.82, 2.24) is 16.0 Å². The van der Waals surface area contributed by atoms with Crippen molar-refractivity contribution >= 4 is 23.4 Å². The van der Waals surface area contributed by atoms with Crippen molar-refractivity contribution in [2.24, 2.45) is 0 Å². The first-order valence-electron chi connectivity index (χ1n) is 13.4. The number of amides is 2. The molecule has 9 nitrogen and oxygen atoms in total. The average molecular weight is 534 g/mol. The molecule has 0 saturated carbocycles. The van der Waals surface area contributed by atoms with Crippen LogP contribution in [-0.2, 0) is 9.53 Å². The van der Waals surface area contributed by atoms with Crippen LogP contribution in [0, 0.1) is 0 Å². The third-order valence-electron chi connectivity index (χ3n) is 7.54. The van der Waals surface area contributed by atoms with Gasteiger partial charge in [-0.2, -0.15) is 0 Å². The zero-order valence-electron chi connectivity index (χ0n) is 23.1. The molecule has 4 rings (SSSR count). The number of methoxy groups -OCH3 is 1. The highest BCUT2D eigenvalue weighted by molar-refractivity contribution is 5.93. The van der Waals surface area contributed by atoms with Crippen molar-refractivity contribution in [3.05, 3.63) is 76.6 Å². The molecular weight excluding hydrogens is 494 g/mol. The smallest absolute Gasteiger partial charge is 0.336 e. The second kappa shape index (κ2) is 12.7. The number of para-hydroxylation sites is 2. The minimum Gasteiger partial charge on any atom is -0.506 e. The summed E-state index contributed by atoms with van der Waals surface area (Å²) in [7, 11) is 1.39. The summed E-state index contributed by atoms with van der Waals surface area (Å²) in [6.45, 7) is 8.76. The Morgan fingerprint density at radius 1 is 1.03 bits per heavy atom. The van der Waals surface area contributed by atoms with E-state index >= 15 is 0 Å². The highest BCUT2D eigenvalue weighted by Crippen LogP contribution is 2.38. The van der Waals surface area contributed by atoms with E-state index in [1.807, 2.05) is 63.2 Å². The largest absolute Gasteiger partial charge is 0.506 e. The lowest BCUT2D eigenvalue weighted by molar-refractivity contribution is -0.136. The first-order chi connectivity index (χ1) is 18.8. The van der Waals surface area contributed by atoms with E-state index in [-0.39, 0.29) is 17.9 Å². The molecule has 1 saturated heterocycles. The summed E-state index contributed by atoms with van der Waals surface area (Å²) in [4.78, 5) is 27.4. The summed E-state index contributed by atoms with van der Waals surface area (Å²) in [5, 5.41) is 22.7. The van der Waals surface area contributed by atoms with Gasteiger partial charge >= 0.3 is 12.0 Å². The van der Waals surface area contributed by atoms with Gasteiger partial charge in [0.25, 0.3) is 0 Å². The summed E-state index contributed by atoms with van der Waals surface area (Å²) in [6, 6.07) is 15.1. The fourth-order valence-corrected chi connectivity index (χ4v) is 5.37. The van der Waals surface area contributed by atoms with Gasteiger partial charge in [0.1, 0.15) is 5.75 Å². The Morgan fingerprint density at radius 3 is 2.49 bits per heavy atom. The van der Waals surface area contributed by atoms with Gasteiger partial charge in [-0.15, -0.1) is 0 Å². The Morgan fingerprint density at radius 2 is 1.77 bits per heavy atom. The molecule has 0 aromatic heterocycles. The van der Waals surface area contributed by atoms with Gasteiger partial charge in [0, 0.05) is 55.2 Å². The number of carbonyl (C=O) groups is 2. The molecule has 1 fully saturated rings. The van der Waals surface area contributed by atoms with Gasteiger partial charge in [0.05, 0.1) is 18.4 Å². The van der Waals surface area contributed by atoms with Crippen LogP contribution in [0.4, 0.5) is 16.2 Å². The highest BCUT2D eigenvalue weighted by Gasteiger charge is 2.31. The van der Waals surface area contributed by atoms with E-state index in [1.165, 1.54) is 7.11 Å². The number of rotatable bonds is 8. The van der Waals surface area contributed by atoms with Gasteiger partial charge in [0.15, 0.2) is 0 Å². The highest BCUT2D eigenvalue weighted by atomic mass is 16.5. The lowest BCUT2D eigenvalue weighted by Gasteiger charge is -2.34. The Kier molecular flexibility index (Phi) is 9.14. The fourth-order valence-electron chi connectivity index (χ4n) is 5.37. The van der Waals surface area contributed by atoms with E-state index < -0.39 is 0 Å². The van der Waals surface area contributed by atoms with Crippen LogP contribution in [0.1, 0.15) is 45.1 Å². The number of nitrogens with one attached hydrogen (secondary N) is 4. The molecule has 1 atom stereocenters. The number of aromatic hydroxyl groups is 1. The standard InChI is InChI=1S/C30H39N5O4/c1-19-20(2)33-21(3)28(29(37)39-4)27(19)22-8-7-9-24(18-22)34-30(38)32-15-14-31-23-12-16-35(17-13-23)25-10-5-6-11-26(25)36/h5-11,18,23,27,31,33,36H,12-17H2,1-4H3,(H2,32,34,38). The number of ether oxygens (including phenoxy) is 1. The molecule has 2 aliphatic heterocycles. The molecule has 9 heteroatoms. The predicted octanol–water partition coefficient (Wildman–Crippen LogP) is 4.20. The van der Waals surface area contributed by atoms with Crippen molar-refractivity contribution in [3.8, 4) is 5.75 Å². The molecule has 2 aromatic rings. The average Bonchev–Trinajstić information content (AvgIpc) is 2.93. The number of anilines is 2. The molecule has 2 amide bonds. The topological polar surface area (TPSA) is 115 Å². The first kappa shape index (κ1) is 28.0. The summed E-state index contributed by atoms with van der Waals surface area (Å²) in [5.74, 6) is -0.313. The number of allylic oxidation sites excluding steroid dienone is 3. The Hall–Kier alpha value is -3.98. The molecule has 0 radical (unpaired) electrons. The van der Waals surface area contributed by atoms with Gasteiger partial charge < -0.3 is 36.0 Å². The predicted molar refractivity (Wildman–Crippen MR) is 154 cm³/mol. The minimum absolute atomic E-state index is 0.259. The number of piperidine rings is 1. The van der Waals surface area contributed by atoms with Crippen LogP contribution in [0.5, 0.6) is 5.75 Å². The summed E-state index contributed by atoms with van der Waals surface area (Å²) >= 11 is 0. The van der Waals surface area contributed by atoms with Crippen LogP contribution in [-0.4, -0.2) is 56.4 Å². The minimum atomic E-state index is -0.371. The van der Waals surface area contributed by atoms with E-state index in [9.17, 15) is 14.7 Å². The number of carbonyl (C=O) groups excluding carboxylic acids is 2. The molecule has 0 bridgehead atoms. The molecular formula is C30H39N5O4. The van der Waals surface area contributed by atoms with Gasteiger partial charge in [-0.05, 0) is 69.0 Å². The van der Waals surface area contributed by atoms with E-state index in [2.05, 4.69) is 26.2 Å². The summed E-state index contributed by atoms with van der Waals surface area (Å²) < 4.78 is 5.06. The monoisotopic (exact) mass is 533 g/mol. The Bertz CT molecular complexity index is 1260. The second-order valence-electron chi connectivity index (χ2n) is 10.1. The molecule has 208 valence electrons. The molecule has 2 heterocycles. The van der Waals surface area contributed by atoms with E-state index in [0.717, 1.165) is 54.1 Å². The van der Waals surface area contributed by atoms with Crippen molar-refractivity contribution in [1.29, 1.82) is 0 Å². The van der Waals surface area contributed by atoms with Crippen LogP contribution < -0.4 is 26.2 Å². The van der Waals surface area contributed by atoms with E-state index in [4.69, 9.17) is 4.74 Å². The third kappa shape index (κ3) is 6.72. The van der Waals surface area contributed by atoms with Crippen molar-refractivity contribution in [2.45, 2.75) is 45.6 Å². The number of benzene rings is 2. The van der Waals surface area contributed by atoms with Crippen LogP contribution >= 0.6 is 0 Å². The Labute approximate surface area is 230 Å². The molecule has 2 aromatic carbocycles. The number of urea groups is 1. The summed E-state index contributed by atoms with van der Waals surface area (Å²) in [6.07, 6.45) is 1.94. The zero-order valence-corrected chi connectivity index (χ0v) is 23.1. The van der Waals surface area contributed by atoms with E-state index in [1.54, 1.807) is 6.07 Å². The fraction of sp³-hybridized carbons (Fsp3) is 0.400. The van der Waals surface area contributed by atoms with Gasteiger partial charge in [-0.25, -0.2) is 9.59 Å². The molecule has 1 unspecified atom stereocenters. The maximum absolute atomic E-state index is 12.6. The normalized spacial score (nSPS) is 18.1. The third-order valence-corrected chi connectivity index (χ3v) is 7.54. The number of phenolic OH excluding ortho intramolecular Hbond substituents is 1. The molecule has 5 N–H and O–H groups in total. The van der Waals surface area contributed by atoms with Crippen LogP contribution in [0.15, 0.2) is 71.1 Å². The quantitative estimate of drug-likeness (QED) is 0.255. The maximum atomic E-state index is 12.6. The van der Waals surface area contributed by atoms with Crippen molar-refractivity contribution in [3.63, 3.8) is 0 Å². The van der Waals surface area contributed by atoms with Gasteiger partial charge in [0.2, 0.25) is 0 Å². The summed E-state index contributed by atoms with van der Waals surface area (Å²) in [5.41, 5.74) is 5.80. The molecule has 2 aliphatic rings. The molecule has 0 spiro atoms. The number of phenols is 1. The number of nitrogens with zero attached hydrogens (tertiary/aromatic N) is 1. The van der Waals surface area contributed by atoms with Crippen molar-refractivity contribution < 1.29 is 19.4 Å². The van der Waals surface area contributed by atoms with Crippen molar-refractivity contribution in [2.75, 3.05) is 43.5 Å². The maximum Gasteiger partial charge on any atom is 0.336 e. The van der Waals surface area contributed by atoms with Crippen LogP contribution in [0.25, 0.3) is 0 Å². The lowest BCUT2D eigenvalue weighted by Crippen LogP contribution is -2.45. The van der Waals surface area contributed by atoms with Crippen LogP contribution in [0.2, 0.25) is 0 Å². The SMILES string of the molecule is COC(=O)C1=C(C)NC(C)=C(C)C1c1cccc(NC(=O)NCCNC2CCN(c3ccccc3O)CC2)c1. The van der Waals surface area contributed by atoms with Gasteiger partial charge in [-0.3, -0.25) is 0 Å². The lowest BCUT2D eigenvalue weighted by atomic mass is 9.81. The van der Waals surface area contributed by atoms with E-state index in [0.29, 0.717) is 36.1 Å². The molecule has 0 aliphatic carbocycles. The van der Waals surface area contributed by atoms with Gasteiger partial charge in [-0.1, -0.05) is 24.3 Å². The number of hydrogen-bond acceptors (Lipinski definition) is 7. The number of dihydropyridines is 1. The first-order valence-corrected chi connectivity index (χ1v) is 13.4. The molecule has 39 heavy (non-hydrogen) atoms. The zero-order chi connectivity index (χ0) is 27.9. The second-order valence-corrected chi connectivity index (χ2v) is 10.1.